The third-order valence-corrected chi connectivity index (χ3v) is 7.23. The van der Waals surface area contributed by atoms with E-state index in [1.54, 1.807) is 43.6 Å². The van der Waals surface area contributed by atoms with E-state index in [0.29, 0.717) is 29.3 Å². The molecule has 1 atom stereocenters. The zero-order chi connectivity index (χ0) is 37.2. The first-order valence-corrected chi connectivity index (χ1v) is 16.2. The maximum Gasteiger partial charge on any atom is 0.490 e. The molecule has 4 rings (SSSR count). The van der Waals surface area contributed by atoms with Gasteiger partial charge in [0.05, 0.1) is 18.9 Å². The van der Waals surface area contributed by atoms with Gasteiger partial charge >= 0.3 is 24.3 Å². The number of amides is 3. The van der Waals surface area contributed by atoms with Gasteiger partial charge in [0, 0.05) is 37.0 Å². The molecule has 3 aromatic carbocycles. The fourth-order valence-electron chi connectivity index (χ4n) is 4.95. The lowest BCUT2D eigenvalue weighted by atomic mass is 10.1. The standard InChI is InChI=1S/C34H41N5O5.C2HF3O2/c1-4-17-39(18-5-2)19-16-30(26-11-7-6-8-12-26)44-34(41)36-22-25-10-9-13-27(20-25)37-33(40)38-28-14-15-29(31(21-28)42-3)32-23-35-24-43-32;3-2(4,5)1(6)7/h6-15,20-21,23-24,30H,4-5,16-19,22H2,1-3H3,(H,36,41)(H2,37,38,40);(H,6,7). The molecule has 3 amide bonds. The number of carbonyl (C=O) groups excluding carboxylic acids is 2. The third kappa shape index (κ3) is 13.7. The molecule has 4 aromatic rings. The number of ether oxygens (including phenoxy) is 2. The minimum absolute atomic E-state index is 0.246. The molecule has 0 saturated carbocycles. The predicted molar refractivity (Wildman–Crippen MR) is 185 cm³/mol. The second kappa shape index (κ2) is 20.2. The minimum atomic E-state index is -5.08. The number of hydrogen-bond donors (Lipinski definition) is 4. The lowest BCUT2D eigenvalue weighted by Crippen LogP contribution is -2.30. The number of hydrogen-bond acceptors (Lipinski definition) is 8. The largest absolute Gasteiger partial charge is 0.496 e. The Hall–Kier alpha value is -5.57. The molecule has 15 heteroatoms. The summed E-state index contributed by atoms with van der Waals surface area (Å²) >= 11 is 0. The Morgan fingerprint density at radius 2 is 1.59 bits per heavy atom. The maximum atomic E-state index is 12.9. The maximum absolute atomic E-state index is 12.9. The predicted octanol–water partition coefficient (Wildman–Crippen LogP) is 8.11. The number of nitrogens with zero attached hydrogens (tertiary/aromatic N) is 2. The molecule has 0 radical (unpaired) electrons. The second-order valence-corrected chi connectivity index (χ2v) is 11.2. The van der Waals surface area contributed by atoms with E-state index in [4.69, 9.17) is 23.8 Å². The van der Waals surface area contributed by atoms with Crippen molar-refractivity contribution in [1.29, 1.82) is 0 Å². The first kappa shape index (κ1) is 39.9. The van der Waals surface area contributed by atoms with E-state index in [-0.39, 0.29) is 12.6 Å². The Labute approximate surface area is 294 Å². The first-order valence-electron chi connectivity index (χ1n) is 16.2. The second-order valence-electron chi connectivity index (χ2n) is 11.2. The van der Waals surface area contributed by atoms with Gasteiger partial charge in [0.15, 0.2) is 12.2 Å². The average molecular weight is 714 g/mol. The van der Waals surface area contributed by atoms with Gasteiger partial charge in [0.1, 0.15) is 11.9 Å². The number of rotatable bonds is 15. The SMILES string of the molecule is CCCN(CCC)CCC(OC(=O)NCc1cccc(NC(=O)Nc2ccc(-c3cnco3)c(OC)c2)c1)c1ccccc1.O=C(O)C(F)(F)F. The van der Waals surface area contributed by atoms with Crippen LogP contribution in [0.5, 0.6) is 5.75 Å². The summed E-state index contributed by atoms with van der Waals surface area (Å²) in [5.41, 5.74) is 3.63. The molecule has 0 aliphatic rings. The van der Waals surface area contributed by atoms with Crippen molar-refractivity contribution in [1.82, 2.24) is 15.2 Å². The number of methoxy groups -OCH3 is 1. The number of carboxylic acids is 1. The number of alkyl halides is 3. The molecular weight excluding hydrogens is 671 g/mol. The summed E-state index contributed by atoms with van der Waals surface area (Å²) in [6.45, 7) is 7.49. The molecule has 274 valence electrons. The van der Waals surface area contributed by atoms with Gasteiger partial charge in [-0.05, 0) is 61.3 Å². The molecule has 0 bridgehead atoms. The highest BCUT2D eigenvalue weighted by atomic mass is 19.4. The van der Waals surface area contributed by atoms with E-state index in [0.717, 1.165) is 49.2 Å². The Bertz CT molecular complexity index is 1670. The van der Waals surface area contributed by atoms with Crippen molar-refractivity contribution in [2.45, 2.75) is 51.9 Å². The van der Waals surface area contributed by atoms with E-state index >= 15 is 0 Å². The number of carbonyl (C=O) groups is 3. The molecule has 0 saturated heterocycles. The highest BCUT2D eigenvalue weighted by molar-refractivity contribution is 6.00. The molecule has 0 aliphatic heterocycles. The number of oxazole rings is 1. The number of halogens is 3. The van der Waals surface area contributed by atoms with Gasteiger partial charge < -0.3 is 39.8 Å². The van der Waals surface area contributed by atoms with Gasteiger partial charge in [0.2, 0.25) is 0 Å². The number of anilines is 2. The Morgan fingerprint density at radius 3 is 2.18 bits per heavy atom. The van der Waals surface area contributed by atoms with Gasteiger partial charge in [0.25, 0.3) is 0 Å². The van der Waals surface area contributed by atoms with Crippen LogP contribution in [0.1, 0.15) is 50.3 Å². The van der Waals surface area contributed by atoms with E-state index in [1.165, 1.54) is 6.39 Å². The molecule has 51 heavy (non-hydrogen) atoms. The molecule has 12 nitrogen and oxygen atoms in total. The molecule has 0 aliphatic carbocycles. The molecule has 0 fully saturated rings. The van der Waals surface area contributed by atoms with Gasteiger partial charge in [-0.1, -0.05) is 56.3 Å². The lowest BCUT2D eigenvalue weighted by molar-refractivity contribution is -0.192. The quantitative estimate of drug-likeness (QED) is 0.0956. The Morgan fingerprint density at radius 1 is 0.922 bits per heavy atom. The highest BCUT2D eigenvalue weighted by Gasteiger charge is 2.38. The van der Waals surface area contributed by atoms with Crippen molar-refractivity contribution < 1.29 is 46.6 Å². The molecule has 1 unspecified atom stereocenters. The highest BCUT2D eigenvalue weighted by Crippen LogP contribution is 2.32. The third-order valence-electron chi connectivity index (χ3n) is 7.23. The summed E-state index contributed by atoms with van der Waals surface area (Å²) in [6, 6.07) is 21.9. The van der Waals surface area contributed by atoms with Crippen LogP contribution >= 0.6 is 0 Å². The Balaban J connectivity index is 0.000000908. The minimum Gasteiger partial charge on any atom is -0.496 e. The summed E-state index contributed by atoms with van der Waals surface area (Å²) in [6.07, 6.45) is -0.114. The number of aliphatic carboxylic acids is 1. The topological polar surface area (TPSA) is 155 Å². The van der Waals surface area contributed by atoms with Gasteiger partial charge in [-0.2, -0.15) is 13.2 Å². The van der Waals surface area contributed by atoms with Gasteiger partial charge in [-0.3, -0.25) is 0 Å². The normalized spacial score (nSPS) is 11.5. The van der Waals surface area contributed by atoms with Crippen LogP contribution in [0, 0.1) is 0 Å². The van der Waals surface area contributed by atoms with E-state index in [9.17, 15) is 22.8 Å². The molecule has 1 aromatic heterocycles. The molecule has 4 N–H and O–H groups in total. The zero-order valence-corrected chi connectivity index (χ0v) is 28.5. The fraction of sp³-hybridized carbons (Fsp3) is 0.333. The summed E-state index contributed by atoms with van der Waals surface area (Å²) in [7, 11) is 1.55. The van der Waals surface area contributed by atoms with Crippen molar-refractivity contribution in [3.05, 3.63) is 96.5 Å². The van der Waals surface area contributed by atoms with Crippen LogP contribution in [0.3, 0.4) is 0 Å². The van der Waals surface area contributed by atoms with Crippen LogP contribution in [0.2, 0.25) is 0 Å². The number of carboxylic acid groups (broad SMARTS) is 1. The number of nitrogens with one attached hydrogen (secondary N) is 3. The smallest absolute Gasteiger partial charge is 0.490 e. The van der Waals surface area contributed by atoms with Crippen molar-refractivity contribution in [3.63, 3.8) is 0 Å². The monoisotopic (exact) mass is 713 g/mol. The Kier molecular flexibility index (Phi) is 15.8. The molecule has 0 spiro atoms. The summed E-state index contributed by atoms with van der Waals surface area (Å²) in [4.78, 5) is 40.8. The molecular formula is C36H42F3N5O7. The van der Waals surface area contributed by atoms with Crippen LogP contribution in [-0.2, 0) is 16.1 Å². The lowest BCUT2D eigenvalue weighted by Gasteiger charge is -2.25. The van der Waals surface area contributed by atoms with Crippen molar-refractivity contribution >= 4 is 29.5 Å². The van der Waals surface area contributed by atoms with Gasteiger partial charge in [-0.15, -0.1) is 0 Å². The van der Waals surface area contributed by atoms with Crippen LogP contribution < -0.4 is 20.7 Å². The summed E-state index contributed by atoms with van der Waals surface area (Å²) in [5, 5.41) is 15.6. The fourth-order valence-corrected chi connectivity index (χ4v) is 4.95. The van der Waals surface area contributed by atoms with Crippen molar-refractivity contribution in [2.24, 2.45) is 0 Å². The van der Waals surface area contributed by atoms with E-state index in [2.05, 4.69) is 39.7 Å². The van der Waals surface area contributed by atoms with Crippen LogP contribution in [0.25, 0.3) is 11.3 Å². The van der Waals surface area contributed by atoms with Crippen molar-refractivity contribution in [2.75, 3.05) is 37.4 Å². The number of benzene rings is 3. The van der Waals surface area contributed by atoms with E-state index < -0.39 is 24.3 Å². The van der Waals surface area contributed by atoms with Crippen LogP contribution in [0.4, 0.5) is 34.1 Å². The summed E-state index contributed by atoms with van der Waals surface area (Å²) in [5.74, 6) is -1.66. The van der Waals surface area contributed by atoms with Gasteiger partial charge in [-0.25, -0.2) is 19.4 Å². The zero-order valence-electron chi connectivity index (χ0n) is 28.5. The number of urea groups is 1. The number of alkyl carbamates (subject to hydrolysis) is 1. The van der Waals surface area contributed by atoms with Crippen molar-refractivity contribution in [3.8, 4) is 17.1 Å². The number of aromatic nitrogens is 1. The van der Waals surface area contributed by atoms with E-state index in [1.807, 2.05) is 42.5 Å². The first-order chi connectivity index (χ1) is 24.4. The van der Waals surface area contributed by atoms with Crippen LogP contribution in [0.15, 0.2) is 89.8 Å². The summed E-state index contributed by atoms with van der Waals surface area (Å²) < 4.78 is 48.5. The van der Waals surface area contributed by atoms with Crippen LogP contribution in [-0.4, -0.2) is 66.0 Å². The average Bonchev–Trinajstić information content (AvgIpc) is 3.64. The molecule has 1 heterocycles.